The summed E-state index contributed by atoms with van der Waals surface area (Å²) >= 11 is 5.69. The number of carboxylic acid groups (broad SMARTS) is 1. The summed E-state index contributed by atoms with van der Waals surface area (Å²) in [6.45, 7) is 0.0229. The molecule has 5 rings (SSSR count). The zero-order valence-corrected chi connectivity index (χ0v) is 19.9. The van der Waals surface area contributed by atoms with Crippen LogP contribution in [0.3, 0.4) is 0 Å². The minimum absolute atomic E-state index is 0.0229. The third-order valence-corrected chi connectivity index (χ3v) is 6.38. The number of anilines is 1. The van der Waals surface area contributed by atoms with E-state index in [4.69, 9.17) is 12.2 Å². The number of rotatable bonds is 7. The van der Waals surface area contributed by atoms with Gasteiger partial charge in [-0.1, -0.05) is 30.3 Å². The van der Waals surface area contributed by atoms with Crippen LogP contribution in [-0.2, 0) is 4.79 Å². The topological polar surface area (TPSA) is 99.5 Å². The first kappa shape index (κ1) is 23.3. The molecule has 0 bridgehead atoms. The van der Waals surface area contributed by atoms with Gasteiger partial charge in [-0.2, -0.15) is 0 Å². The second kappa shape index (κ2) is 10.0. The Morgan fingerprint density at radius 2 is 1.81 bits per heavy atom. The standard InChI is InChI=1S/C27H23N5O3S/c33-23(29-19-9-2-1-3-10-19)17-32-25(24(30-27(32)36)21-12-4-5-14-28-21)22-13-7-15-31(22)20-11-6-8-18(16-20)26(34)35/h1-16,24-25H,17H2,(H,29,33)(H,30,36)(H,34,35)/t24-,25+/m0/s1. The first-order valence-corrected chi connectivity index (χ1v) is 11.8. The van der Waals surface area contributed by atoms with Gasteiger partial charge in [-0.25, -0.2) is 4.79 Å². The smallest absolute Gasteiger partial charge is 0.335 e. The van der Waals surface area contributed by atoms with E-state index in [9.17, 15) is 14.7 Å². The molecule has 8 nitrogen and oxygen atoms in total. The molecule has 2 atom stereocenters. The van der Waals surface area contributed by atoms with Gasteiger partial charge in [-0.15, -0.1) is 0 Å². The zero-order valence-electron chi connectivity index (χ0n) is 19.1. The largest absolute Gasteiger partial charge is 0.478 e. The van der Waals surface area contributed by atoms with Crippen molar-refractivity contribution in [3.8, 4) is 5.69 Å². The van der Waals surface area contributed by atoms with Crippen molar-refractivity contribution in [1.82, 2.24) is 19.8 Å². The van der Waals surface area contributed by atoms with Crippen LogP contribution >= 0.6 is 12.2 Å². The van der Waals surface area contributed by atoms with Gasteiger partial charge in [0.1, 0.15) is 6.54 Å². The molecule has 9 heteroatoms. The van der Waals surface area contributed by atoms with Crippen LogP contribution < -0.4 is 10.6 Å². The Hall–Kier alpha value is -4.50. The molecule has 1 aliphatic heterocycles. The van der Waals surface area contributed by atoms with Crippen molar-refractivity contribution in [3.63, 3.8) is 0 Å². The molecule has 0 spiro atoms. The van der Waals surface area contributed by atoms with Crippen LogP contribution in [0.2, 0.25) is 0 Å². The van der Waals surface area contributed by atoms with E-state index < -0.39 is 5.97 Å². The summed E-state index contributed by atoms with van der Waals surface area (Å²) in [5.41, 5.74) is 3.21. The van der Waals surface area contributed by atoms with Crippen LogP contribution in [0.4, 0.5) is 5.69 Å². The van der Waals surface area contributed by atoms with Crippen LogP contribution in [0.25, 0.3) is 5.69 Å². The van der Waals surface area contributed by atoms with E-state index in [2.05, 4.69) is 15.6 Å². The third kappa shape index (κ3) is 4.69. The number of carboxylic acids is 1. The molecule has 0 saturated carbocycles. The van der Waals surface area contributed by atoms with Crippen LogP contribution in [0.5, 0.6) is 0 Å². The highest BCUT2D eigenvalue weighted by Gasteiger charge is 2.42. The van der Waals surface area contributed by atoms with Crippen LogP contribution in [-0.4, -0.2) is 43.1 Å². The molecular formula is C27H23N5O3S. The van der Waals surface area contributed by atoms with E-state index in [0.717, 1.165) is 11.4 Å². The fourth-order valence-electron chi connectivity index (χ4n) is 4.43. The molecule has 36 heavy (non-hydrogen) atoms. The maximum Gasteiger partial charge on any atom is 0.335 e. The average molecular weight is 498 g/mol. The van der Waals surface area contributed by atoms with Gasteiger partial charge >= 0.3 is 5.97 Å². The Kier molecular flexibility index (Phi) is 6.46. The Bertz CT molecular complexity index is 1410. The number of hydrogen-bond donors (Lipinski definition) is 3. The Labute approximate surface area is 213 Å². The lowest BCUT2D eigenvalue weighted by Crippen LogP contribution is -2.37. The molecule has 1 aliphatic rings. The molecule has 180 valence electrons. The second-order valence-corrected chi connectivity index (χ2v) is 8.71. The van der Waals surface area contributed by atoms with Crippen molar-refractivity contribution in [2.45, 2.75) is 12.1 Å². The number of thiocarbonyl (C=S) groups is 1. The summed E-state index contributed by atoms with van der Waals surface area (Å²) in [6, 6.07) is 24.8. The summed E-state index contributed by atoms with van der Waals surface area (Å²) in [5.74, 6) is -1.21. The molecule has 3 heterocycles. The van der Waals surface area contributed by atoms with Crippen molar-refractivity contribution in [2.75, 3.05) is 11.9 Å². The number of aromatic carboxylic acids is 1. The minimum Gasteiger partial charge on any atom is -0.478 e. The van der Waals surface area contributed by atoms with Crippen molar-refractivity contribution in [3.05, 3.63) is 114 Å². The molecule has 1 fully saturated rings. The number of aromatic nitrogens is 2. The van der Waals surface area contributed by atoms with Gasteiger partial charge in [0.2, 0.25) is 5.91 Å². The molecule has 1 amide bonds. The molecule has 0 unspecified atom stereocenters. The lowest BCUT2D eigenvalue weighted by molar-refractivity contribution is -0.116. The monoisotopic (exact) mass is 497 g/mol. The number of carbonyl (C=O) groups excluding carboxylic acids is 1. The fourth-order valence-corrected chi connectivity index (χ4v) is 4.74. The maximum atomic E-state index is 13.0. The second-order valence-electron chi connectivity index (χ2n) is 8.33. The van der Waals surface area contributed by atoms with E-state index in [0.29, 0.717) is 16.5 Å². The highest BCUT2D eigenvalue weighted by Crippen LogP contribution is 2.39. The molecule has 3 N–H and O–H groups in total. The lowest BCUT2D eigenvalue weighted by atomic mass is 10.0. The quantitative estimate of drug-likeness (QED) is 0.330. The van der Waals surface area contributed by atoms with E-state index in [-0.39, 0.29) is 30.1 Å². The highest BCUT2D eigenvalue weighted by atomic mass is 32.1. The van der Waals surface area contributed by atoms with Crippen molar-refractivity contribution in [1.29, 1.82) is 0 Å². The summed E-state index contributed by atoms with van der Waals surface area (Å²) in [5, 5.41) is 16.2. The molecule has 2 aromatic heterocycles. The number of pyridine rings is 1. The van der Waals surface area contributed by atoms with Crippen molar-refractivity contribution < 1.29 is 14.7 Å². The fraction of sp³-hybridized carbons (Fsp3) is 0.111. The highest BCUT2D eigenvalue weighted by molar-refractivity contribution is 7.80. The predicted octanol–water partition coefficient (Wildman–Crippen LogP) is 4.18. The van der Waals surface area contributed by atoms with E-state index >= 15 is 0 Å². The molecule has 0 radical (unpaired) electrons. The zero-order chi connectivity index (χ0) is 25.1. The number of carbonyl (C=O) groups is 2. The van der Waals surface area contributed by atoms with Gasteiger partial charge in [0, 0.05) is 29.5 Å². The van der Waals surface area contributed by atoms with E-state index in [1.54, 1.807) is 24.4 Å². The Morgan fingerprint density at radius 1 is 1.00 bits per heavy atom. The maximum absolute atomic E-state index is 13.0. The van der Waals surface area contributed by atoms with Crippen LogP contribution in [0.1, 0.15) is 33.8 Å². The normalized spacial score (nSPS) is 17.0. The SMILES string of the molecule is O=C(CN1C(=S)N[C@@H](c2ccccn2)[C@H]1c1cccn1-c1cccc(C(=O)O)c1)Nc1ccccc1. The molecular weight excluding hydrogens is 474 g/mol. The number of para-hydroxylation sites is 1. The van der Waals surface area contributed by atoms with E-state index in [1.165, 1.54) is 0 Å². The van der Waals surface area contributed by atoms with E-state index in [1.807, 2.05) is 82.4 Å². The van der Waals surface area contributed by atoms with Gasteiger partial charge in [0.15, 0.2) is 5.11 Å². The van der Waals surface area contributed by atoms with Gasteiger partial charge in [-0.3, -0.25) is 9.78 Å². The summed E-state index contributed by atoms with van der Waals surface area (Å²) in [6.07, 6.45) is 3.59. The van der Waals surface area contributed by atoms with Gasteiger partial charge in [0.05, 0.1) is 23.3 Å². The molecule has 0 aliphatic carbocycles. The number of nitrogens with zero attached hydrogens (tertiary/aromatic N) is 3. The number of nitrogens with one attached hydrogen (secondary N) is 2. The minimum atomic E-state index is -1.00. The summed E-state index contributed by atoms with van der Waals surface area (Å²) in [4.78, 5) is 31.0. The van der Waals surface area contributed by atoms with Crippen molar-refractivity contribution >= 4 is 34.9 Å². The van der Waals surface area contributed by atoms with Gasteiger partial charge in [0.25, 0.3) is 0 Å². The molecule has 2 aromatic carbocycles. The van der Waals surface area contributed by atoms with Gasteiger partial charge in [-0.05, 0) is 66.8 Å². The first-order chi connectivity index (χ1) is 17.5. The number of amides is 1. The Morgan fingerprint density at radius 3 is 2.56 bits per heavy atom. The third-order valence-electron chi connectivity index (χ3n) is 6.02. The number of benzene rings is 2. The van der Waals surface area contributed by atoms with Gasteiger partial charge < -0.3 is 25.2 Å². The van der Waals surface area contributed by atoms with Crippen LogP contribution in [0, 0.1) is 0 Å². The average Bonchev–Trinajstić information content (AvgIpc) is 3.50. The number of hydrogen-bond acceptors (Lipinski definition) is 4. The predicted molar refractivity (Wildman–Crippen MR) is 140 cm³/mol. The molecule has 4 aromatic rings. The van der Waals surface area contributed by atoms with Crippen LogP contribution in [0.15, 0.2) is 97.3 Å². The summed E-state index contributed by atoms with van der Waals surface area (Å²) in [7, 11) is 0. The lowest BCUT2D eigenvalue weighted by Gasteiger charge is -2.28. The Balaban J connectivity index is 1.53. The molecule has 1 saturated heterocycles. The first-order valence-electron chi connectivity index (χ1n) is 11.4. The van der Waals surface area contributed by atoms with Crippen molar-refractivity contribution in [2.24, 2.45) is 0 Å². The summed E-state index contributed by atoms with van der Waals surface area (Å²) < 4.78 is 1.92.